The summed E-state index contributed by atoms with van der Waals surface area (Å²) in [7, 11) is -1.67. The van der Waals surface area contributed by atoms with Crippen LogP contribution in [0.15, 0.2) is 0 Å². The first-order valence-electron chi connectivity index (χ1n) is 2.74. The van der Waals surface area contributed by atoms with Crippen molar-refractivity contribution in [3.63, 3.8) is 0 Å². The molecule has 56 valence electrons. The summed E-state index contributed by atoms with van der Waals surface area (Å²) in [5.74, 6) is 0. The average Bonchev–Trinajstić information content (AvgIpc) is 1.64. The summed E-state index contributed by atoms with van der Waals surface area (Å²) < 4.78 is 23.4. The number of hydrogen-bond acceptors (Lipinski definition) is 2. The largest absolute Gasteiger partial charge is 0.218 e. The molecular weight excluding hydrogens is 138 g/mol. The molecule has 0 rings (SSSR count). The van der Waals surface area contributed by atoms with Crippen molar-refractivity contribution in [1.82, 2.24) is 4.72 Å². The maximum Gasteiger partial charge on any atom is 0.216 e. The Bertz CT molecular complexity index is 176. The summed E-state index contributed by atoms with van der Waals surface area (Å²) in [4.78, 5) is 0. The number of sulfonamides is 1. The molecule has 0 saturated carbocycles. The molecule has 1 N–H and O–H groups in total. The van der Waals surface area contributed by atoms with Crippen LogP contribution >= 0.6 is 0 Å². The minimum Gasteiger partial charge on any atom is -0.218 e. The fraction of sp³-hybridized carbons (Fsp3) is 1.00. The van der Waals surface area contributed by atoms with Gasteiger partial charge < -0.3 is 0 Å². The standard InChI is InChI=1S/C5H13NO2S/c1-5(2,3)9(7,8)6-4/h6H,1-4H3. The van der Waals surface area contributed by atoms with Gasteiger partial charge in [0.25, 0.3) is 0 Å². The van der Waals surface area contributed by atoms with Crippen LogP contribution in [0.2, 0.25) is 0 Å². The highest BCUT2D eigenvalue weighted by atomic mass is 32.2. The minimum absolute atomic E-state index is 0.693. The smallest absolute Gasteiger partial charge is 0.216 e. The van der Waals surface area contributed by atoms with Crippen molar-refractivity contribution in [2.75, 3.05) is 7.05 Å². The molecule has 0 aromatic carbocycles. The molecule has 0 aliphatic rings. The molecule has 0 atom stereocenters. The van der Waals surface area contributed by atoms with E-state index in [0.29, 0.717) is 0 Å². The van der Waals surface area contributed by atoms with E-state index in [-0.39, 0.29) is 0 Å². The van der Waals surface area contributed by atoms with Crippen LogP contribution in [0.25, 0.3) is 0 Å². The predicted octanol–water partition coefficient (Wildman–Crippen LogP) is 0.334. The summed E-state index contributed by atoms with van der Waals surface area (Å²) in [5.41, 5.74) is 0. The Kier molecular flexibility index (Phi) is 2.24. The van der Waals surface area contributed by atoms with Gasteiger partial charge in [-0.25, -0.2) is 13.1 Å². The van der Waals surface area contributed by atoms with Crippen LogP contribution in [0.3, 0.4) is 0 Å². The van der Waals surface area contributed by atoms with Crippen LogP contribution in [-0.2, 0) is 10.0 Å². The summed E-state index contributed by atoms with van der Waals surface area (Å²) in [6.45, 7) is 4.95. The zero-order valence-corrected chi connectivity index (χ0v) is 7.04. The van der Waals surface area contributed by atoms with Gasteiger partial charge in [-0.05, 0) is 27.8 Å². The van der Waals surface area contributed by atoms with Crippen molar-refractivity contribution in [3.05, 3.63) is 0 Å². The highest BCUT2D eigenvalue weighted by Gasteiger charge is 2.26. The highest BCUT2D eigenvalue weighted by molar-refractivity contribution is 7.90. The SMILES string of the molecule is CNS(=O)(=O)C(C)(C)C. The van der Waals surface area contributed by atoms with Gasteiger partial charge in [0.15, 0.2) is 0 Å². The van der Waals surface area contributed by atoms with E-state index in [1.807, 2.05) is 0 Å². The van der Waals surface area contributed by atoms with Crippen LogP contribution in [-0.4, -0.2) is 20.2 Å². The Labute approximate surface area is 56.5 Å². The quantitative estimate of drug-likeness (QED) is 0.587. The van der Waals surface area contributed by atoms with Crippen LogP contribution in [0.5, 0.6) is 0 Å². The molecule has 0 bridgehead atoms. The molecule has 0 fully saturated rings. The normalized spacial score (nSPS) is 13.8. The molecule has 3 nitrogen and oxygen atoms in total. The molecule has 4 heteroatoms. The van der Waals surface area contributed by atoms with Crippen molar-refractivity contribution >= 4 is 10.0 Å². The molecule has 9 heavy (non-hydrogen) atoms. The first-order chi connectivity index (χ1) is 3.81. The summed E-state index contributed by atoms with van der Waals surface area (Å²) in [5, 5.41) is 0. The van der Waals surface area contributed by atoms with Crippen molar-refractivity contribution in [2.24, 2.45) is 0 Å². The third kappa shape index (κ3) is 1.95. The van der Waals surface area contributed by atoms with Gasteiger partial charge in [0, 0.05) is 0 Å². The van der Waals surface area contributed by atoms with Gasteiger partial charge >= 0.3 is 0 Å². The fourth-order valence-corrected chi connectivity index (χ4v) is 0.919. The van der Waals surface area contributed by atoms with E-state index < -0.39 is 14.8 Å². The van der Waals surface area contributed by atoms with Gasteiger partial charge in [0.1, 0.15) is 0 Å². The van der Waals surface area contributed by atoms with Crippen molar-refractivity contribution in [3.8, 4) is 0 Å². The predicted molar refractivity (Wildman–Crippen MR) is 37.7 cm³/mol. The second-order valence-electron chi connectivity index (χ2n) is 2.82. The Balaban J connectivity index is 4.57. The van der Waals surface area contributed by atoms with Gasteiger partial charge in [-0.3, -0.25) is 0 Å². The first kappa shape index (κ1) is 8.91. The minimum atomic E-state index is -3.09. The van der Waals surface area contributed by atoms with Crippen LogP contribution in [0, 0.1) is 0 Å². The van der Waals surface area contributed by atoms with Crippen LogP contribution < -0.4 is 4.72 Å². The molecule has 0 aromatic rings. The van der Waals surface area contributed by atoms with Crippen molar-refractivity contribution in [2.45, 2.75) is 25.5 Å². The van der Waals surface area contributed by atoms with Gasteiger partial charge in [-0.1, -0.05) is 0 Å². The lowest BCUT2D eigenvalue weighted by molar-refractivity contribution is 0.551. The first-order valence-corrected chi connectivity index (χ1v) is 4.22. The number of nitrogens with one attached hydrogen (secondary N) is 1. The zero-order valence-electron chi connectivity index (χ0n) is 6.22. The van der Waals surface area contributed by atoms with Crippen molar-refractivity contribution in [1.29, 1.82) is 0 Å². The summed E-state index contributed by atoms with van der Waals surface area (Å²) >= 11 is 0. The van der Waals surface area contributed by atoms with E-state index in [1.165, 1.54) is 7.05 Å². The lowest BCUT2D eigenvalue weighted by Crippen LogP contribution is -2.37. The Morgan fingerprint density at radius 2 is 1.56 bits per heavy atom. The van der Waals surface area contributed by atoms with E-state index >= 15 is 0 Å². The summed E-state index contributed by atoms with van der Waals surface area (Å²) in [6.07, 6.45) is 0. The van der Waals surface area contributed by atoms with E-state index in [1.54, 1.807) is 20.8 Å². The van der Waals surface area contributed by atoms with Crippen LogP contribution in [0.4, 0.5) is 0 Å². The molecule has 0 unspecified atom stereocenters. The van der Waals surface area contributed by atoms with E-state index in [9.17, 15) is 8.42 Å². The Hall–Kier alpha value is -0.0900. The topological polar surface area (TPSA) is 46.2 Å². The van der Waals surface area contributed by atoms with E-state index in [0.717, 1.165) is 0 Å². The van der Waals surface area contributed by atoms with Crippen molar-refractivity contribution < 1.29 is 8.42 Å². The second kappa shape index (κ2) is 2.27. The van der Waals surface area contributed by atoms with E-state index in [2.05, 4.69) is 4.72 Å². The monoisotopic (exact) mass is 151 g/mol. The number of hydrogen-bond donors (Lipinski definition) is 1. The molecule has 0 spiro atoms. The molecule has 0 saturated heterocycles. The zero-order chi connectivity index (χ0) is 7.71. The highest BCUT2D eigenvalue weighted by Crippen LogP contribution is 2.11. The molecule has 0 aliphatic carbocycles. The van der Waals surface area contributed by atoms with E-state index in [4.69, 9.17) is 0 Å². The molecule has 0 radical (unpaired) electrons. The van der Waals surface area contributed by atoms with Gasteiger partial charge in [0.2, 0.25) is 10.0 Å². The van der Waals surface area contributed by atoms with Gasteiger partial charge in [0.05, 0.1) is 4.75 Å². The molecule has 0 aliphatic heterocycles. The average molecular weight is 151 g/mol. The second-order valence-corrected chi connectivity index (χ2v) is 5.46. The molecule has 0 aromatic heterocycles. The Morgan fingerprint density at radius 3 is 1.56 bits per heavy atom. The maximum absolute atomic E-state index is 10.9. The lowest BCUT2D eigenvalue weighted by atomic mass is 10.3. The third-order valence-corrected chi connectivity index (χ3v) is 3.22. The van der Waals surface area contributed by atoms with Crippen LogP contribution in [0.1, 0.15) is 20.8 Å². The molecular formula is C5H13NO2S. The molecule has 0 amide bonds. The van der Waals surface area contributed by atoms with Gasteiger partial charge in [-0.2, -0.15) is 0 Å². The summed E-state index contributed by atoms with van der Waals surface area (Å²) in [6, 6.07) is 0. The Morgan fingerprint density at radius 1 is 1.22 bits per heavy atom. The lowest BCUT2D eigenvalue weighted by Gasteiger charge is -2.17. The third-order valence-electron chi connectivity index (χ3n) is 1.07. The maximum atomic E-state index is 10.9. The van der Waals surface area contributed by atoms with Gasteiger partial charge in [-0.15, -0.1) is 0 Å². The number of rotatable bonds is 1. The fourth-order valence-electron chi connectivity index (χ4n) is 0.306. The molecule has 0 heterocycles.